The summed E-state index contributed by atoms with van der Waals surface area (Å²) in [5.74, 6) is 0.631. The molecule has 4 rings (SSSR count). The Bertz CT molecular complexity index is 1240. The molecule has 34 heavy (non-hydrogen) atoms. The highest BCUT2D eigenvalue weighted by Gasteiger charge is 2.25. The summed E-state index contributed by atoms with van der Waals surface area (Å²) >= 11 is 0. The van der Waals surface area contributed by atoms with Gasteiger partial charge in [-0.25, -0.2) is 4.79 Å². The van der Waals surface area contributed by atoms with Gasteiger partial charge in [-0.3, -0.25) is 0 Å². The summed E-state index contributed by atoms with van der Waals surface area (Å²) < 4.78 is 11.2. The number of esters is 1. The van der Waals surface area contributed by atoms with Crippen molar-refractivity contribution >= 4 is 17.5 Å². The summed E-state index contributed by atoms with van der Waals surface area (Å²) in [5, 5.41) is 12.2. The fourth-order valence-electron chi connectivity index (χ4n) is 3.64. The lowest BCUT2D eigenvalue weighted by atomic mass is 9.95. The van der Waals surface area contributed by atoms with Gasteiger partial charge in [0.05, 0.1) is 12.7 Å². The smallest absolute Gasteiger partial charge is 0.342 e. The number of nitrogens with zero attached hydrogens (tertiary/aromatic N) is 2. The molecule has 0 saturated heterocycles. The molecule has 1 N–H and O–H groups in total. The molecular formula is C28H27N3O3. The minimum atomic E-state index is -0.462. The van der Waals surface area contributed by atoms with Gasteiger partial charge in [-0.15, -0.1) is 10.2 Å². The Labute approximate surface area is 199 Å². The first-order chi connectivity index (χ1) is 16.6. The van der Waals surface area contributed by atoms with Crippen molar-refractivity contribution in [2.45, 2.75) is 26.9 Å². The molecule has 6 heteroatoms. The van der Waals surface area contributed by atoms with Crippen molar-refractivity contribution < 1.29 is 14.3 Å². The van der Waals surface area contributed by atoms with Gasteiger partial charge in [0.2, 0.25) is 0 Å². The number of aromatic nitrogens is 2. The molecule has 0 bridgehead atoms. The maximum Gasteiger partial charge on any atom is 0.342 e. The van der Waals surface area contributed by atoms with E-state index in [-0.39, 0.29) is 12.7 Å². The van der Waals surface area contributed by atoms with Gasteiger partial charge in [-0.2, -0.15) is 0 Å². The summed E-state index contributed by atoms with van der Waals surface area (Å²) in [4.78, 5) is 13.3. The second kappa shape index (κ2) is 10.6. The van der Waals surface area contributed by atoms with Crippen LogP contribution in [0.5, 0.6) is 5.75 Å². The van der Waals surface area contributed by atoms with Crippen LogP contribution in [0.1, 0.15) is 31.1 Å². The van der Waals surface area contributed by atoms with Gasteiger partial charge in [-0.1, -0.05) is 60.7 Å². The third-order valence-electron chi connectivity index (χ3n) is 5.05. The minimum Gasteiger partial charge on any atom is -0.491 e. The van der Waals surface area contributed by atoms with Gasteiger partial charge >= 0.3 is 5.97 Å². The van der Waals surface area contributed by atoms with Gasteiger partial charge in [0.25, 0.3) is 0 Å². The molecular weight excluding hydrogens is 426 g/mol. The Hall–Kier alpha value is -4.19. The topological polar surface area (TPSA) is 73.3 Å². The quantitative estimate of drug-likeness (QED) is 0.306. The fourth-order valence-corrected chi connectivity index (χ4v) is 3.64. The number of rotatable bonds is 8. The van der Waals surface area contributed by atoms with Crippen molar-refractivity contribution in [2.75, 3.05) is 11.9 Å². The summed E-state index contributed by atoms with van der Waals surface area (Å²) in [5.41, 5.74) is 4.08. The normalized spacial score (nSPS) is 10.7. The lowest BCUT2D eigenvalue weighted by Gasteiger charge is -2.18. The van der Waals surface area contributed by atoms with Crippen LogP contribution in [0.25, 0.3) is 22.4 Å². The van der Waals surface area contributed by atoms with Crippen molar-refractivity contribution in [2.24, 2.45) is 0 Å². The predicted molar refractivity (Wildman–Crippen MR) is 134 cm³/mol. The molecule has 0 radical (unpaired) electrons. The predicted octanol–water partition coefficient (Wildman–Crippen LogP) is 6.52. The van der Waals surface area contributed by atoms with E-state index >= 15 is 0 Å². The number of carbonyl (C=O) groups excluding carboxylic acids is 1. The van der Waals surface area contributed by atoms with Crippen LogP contribution in [0.15, 0.2) is 84.9 Å². The van der Waals surface area contributed by atoms with Crippen molar-refractivity contribution in [1.29, 1.82) is 0 Å². The van der Waals surface area contributed by atoms with E-state index in [1.807, 2.05) is 98.8 Å². The van der Waals surface area contributed by atoms with E-state index in [0.717, 1.165) is 22.6 Å². The zero-order valence-corrected chi connectivity index (χ0v) is 19.5. The van der Waals surface area contributed by atoms with E-state index in [2.05, 4.69) is 15.5 Å². The number of nitrogens with one attached hydrogen (secondary N) is 1. The third kappa shape index (κ3) is 5.23. The summed E-state index contributed by atoms with van der Waals surface area (Å²) in [7, 11) is 0. The third-order valence-corrected chi connectivity index (χ3v) is 5.05. The van der Waals surface area contributed by atoms with E-state index in [0.29, 0.717) is 22.6 Å². The zero-order valence-electron chi connectivity index (χ0n) is 19.5. The van der Waals surface area contributed by atoms with E-state index < -0.39 is 5.97 Å². The Kier molecular flexibility index (Phi) is 7.18. The van der Waals surface area contributed by atoms with Crippen LogP contribution in [0.2, 0.25) is 0 Å². The van der Waals surface area contributed by atoms with Crippen LogP contribution >= 0.6 is 0 Å². The lowest BCUT2D eigenvalue weighted by Crippen LogP contribution is -2.13. The molecule has 0 unspecified atom stereocenters. The van der Waals surface area contributed by atoms with Crippen molar-refractivity contribution in [3.8, 4) is 28.1 Å². The first-order valence-electron chi connectivity index (χ1n) is 11.3. The van der Waals surface area contributed by atoms with Crippen LogP contribution in [0, 0.1) is 0 Å². The van der Waals surface area contributed by atoms with E-state index in [1.54, 1.807) is 6.92 Å². The fraction of sp³-hybridized carbons (Fsp3) is 0.179. The first-order valence-corrected chi connectivity index (χ1v) is 11.3. The van der Waals surface area contributed by atoms with Crippen LogP contribution in [0.3, 0.4) is 0 Å². The molecule has 3 aromatic carbocycles. The number of hydrogen-bond donors (Lipinski definition) is 1. The lowest BCUT2D eigenvalue weighted by molar-refractivity contribution is 0.0528. The van der Waals surface area contributed by atoms with Gasteiger partial charge < -0.3 is 14.8 Å². The monoisotopic (exact) mass is 453 g/mol. The number of carbonyl (C=O) groups is 1. The molecule has 0 fully saturated rings. The molecule has 4 aromatic rings. The van der Waals surface area contributed by atoms with Gasteiger partial charge in [0.15, 0.2) is 5.82 Å². The van der Waals surface area contributed by atoms with Crippen LogP contribution in [-0.4, -0.2) is 28.9 Å². The molecule has 6 nitrogen and oxygen atoms in total. The number of anilines is 2. The number of hydrogen-bond acceptors (Lipinski definition) is 6. The first kappa shape index (κ1) is 23.0. The highest BCUT2D eigenvalue weighted by Crippen LogP contribution is 2.37. The Morgan fingerprint density at radius 1 is 0.853 bits per heavy atom. The second-order valence-corrected chi connectivity index (χ2v) is 7.92. The molecule has 0 spiro atoms. The van der Waals surface area contributed by atoms with Crippen LogP contribution < -0.4 is 10.1 Å². The zero-order chi connectivity index (χ0) is 23.9. The molecule has 0 aliphatic carbocycles. The highest BCUT2D eigenvalue weighted by molar-refractivity contribution is 6.05. The minimum absolute atomic E-state index is 0.0825. The largest absolute Gasteiger partial charge is 0.491 e. The summed E-state index contributed by atoms with van der Waals surface area (Å²) in [6, 6.07) is 26.9. The molecule has 172 valence electrons. The number of ether oxygens (including phenoxy) is 2. The molecule has 0 amide bonds. The van der Waals surface area contributed by atoms with Crippen LogP contribution in [0.4, 0.5) is 11.5 Å². The van der Waals surface area contributed by atoms with Gasteiger partial charge in [-0.05, 0) is 50.6 Å². The Morgan fingerprint density at radius 3 is 2.06 bits per heavy atom. The van der Waals surface area contributed by atoms with Gasteiger partial charge in [0.1, 0.15) is 17.0 Å². The molecule has 0 saturated carbocycles. The molecule has 0 aliphatic rings. The van der Waals surface area contributed by atoms with Crippen molar-refractivity contribution in [3.63, 3.8) is 0 Å². The molecule has 0 atom stereocenters. The summed E-state index contributed by atoms with van der Waals surface area (Å²) in [6.45, 7) is 5.99. The average Bonchev–Trinajstić information content (AvgIpc) is 2.86. The molecule has 1 aromatic heterocycles. The molecule has 1 heterocycles. The van der Waals surface area contributed by atoms with Crippen LogP contribution in [-0.2, 0) is 4.74 Å². The van der Waals surface area contributed by atoms with E-state index in [9.17, 15) is 4.79 Å². The van der Waals surface area contributed by atoms with Crippen molar-refractivity contribution in [3.05, 3.63) is 90.5 Å². The highest BCUT2D eigenvalue weighted by atomic mass is 16.5. The standard InChI is InChI=1S/C28H27N3O3/c1-4-33-28(32)25-24(20-11-7-5-8-12-20)26(21-13-9-6-10-14-21)30-31-27(25)29-22-15-17-23(18-16-22)34-19(2)3/h5-19H,4H2,1-3H3,(H,29,31). The van der Waals surface area contributed by atoms with E-state index in [4.69, 9.17) is 9.47 Å². The number of benzene rings is 3. The second-order valence-electron chi connectivity index (χ2n) is 7.92. The SMILES string of the molecule is CCOC(=O)c1c(Nc2ccc(OC(C)C)cc2)nnc(-c2ccccc2)c1-c1ccccc1. The summed E-state index contributed by atoms with van der Waals surface area (Å²) in [6.07, 6.45) is 0.0825. The van der Waals surface area contributed by atoms with Gasteiger partial charge in [0, 0.05) is 16.8 Å². The van der Waals surface area contributed by atoms with E-state index in [1.165, 1.54) is 0 Å². The Balaban J connectivity index is 1.86. The maximum atomic E-state index is 13.3. The Morgan fingerprint density at radius 2 is 1.47 bits per heavy atom. The average molecular weight is 454 g/mol. The maximum absolute atomic E-state index is 13.3. The van der Waals surface area contributed by atoms with Crippen molar-refractivity contribution in [1.82, 2.24) is 10.2 Å². The molecule has 0 aliphatic heterocycles.